The second-order valence-electron chi connectivity index (χ2n) is 19.6. The summed E-state index contributed by atoms with van der Waals surface area (Å²) in [6.45, 7) is 4.83. The minimum atomic E-state index is -0.849. The summed E-state index contributed by atoms with van der Waals surface area (Å²) in [4.78, 5) is 24.5. The first-order valence-corrected chi connectivity index (χ1v) is 28.9. The lowest BCUT2D eigenvalue weighted by molar-refractivity contribution is -0.143. The predicted molar refractivity (Wildman–Crippen MR) is 287 cm³/mol. The van der Waals surface area contributed by atoms with Crippen LogP contribution in [0.5, 0.6) is 0 Å². The van der Waals surface area contributed by atoms with E-state index in [9.17, 15) is 19.8 Å². The van der Waals surface area contributed by atoms with Gasteiger partial charge >= 0.3 is 5.97 Å². The van der Waals surface area contributed by atoms with E-state index in [1.807, 2.05) is 6.08 Å². The molecule has 0 radical (unpaired) electrons. The van der Waals surface area contributed by atoms with E-state index in [-0.39, 0.29) is 18.5 Å². The van der Waals surface area contributed by atoms with Gasteiger partial charge in [0.25, 0.3) is 0 Å². The SMILES string of the molecule is CCC/C=C\C/C=C\CCCCCCCC(=O)OCCCCCCCCCCCCC/C=C\CCCCCCCCCC(=O)NC(CO)C(O)/C=C/CCCCCCCCCCCCCC. The van der Waals surface area contributed by atoms with Crippen molar-refractivity contribution in [1.82, 2.24) is 5.32 Å². The number of rotatable bonds is 53. The zero-order valence-electron chi connectivity index (χ0n) is 43.9. The monoisotopic (exact) mass is 926 g/mol. The summed E-state index contributed by atoms with van der Waals surface area (Å²) in [6, 6.07) is -0.633. The van der Waals surface area contributed by atoms with Gasteiger partial charge in [0.1, 0.15) is 0 Å². The van der Waals surface area contributed by atoms with Gasteiger partial charge in [0.2, 0.25) is 5.91 Å². The molecule has 0 aliphatic rings. The lowest BCUT2D eigenvalue weighted by Crippen LogP contribution is -2.45. The Labute approximate surface area is 410 Å². The number of aliphatic hydroxyl groups is 2. The number of hydrogen-bond acceptors (Lipinski definition) is 5. The maximum Gasteiger partial charge on any atom is 0.305 e. The Morgan fingerprint density at radius 1 is 0.424 bits per heavy atom. The van der Waals surface area contributed by atoms with Gasteiger partial charge in [-0.3, -0.25) is 9.59 Å². The van der Waals surface area contributed by atoms with Crippen LogP contribution in [0.15, 0.2) is 48.6 Å². The Balaban J connectivity index is 3.45. The molecule has 0 fully saturated rings. The van der Waals surface area contributed by atoms with Gasteiger partial charge in [-0.15, -0.1) is 0 Å². The molecular formula is C60H111NO5. The van der Waals surface area contributed by atoms with Crippen molar-refractivity contribution >= 4 is 11.9 Å². The van der Waals surface area contributed by atoms with Gasteiger partial charge in [-0.1, -0.05) is 249 Å². The Hall–Kier alpha value is -2.18. The van der Waals surface area contributed by atoms with Crippen LogP contribution >= 0.6 is 0 Å². The Morgan fingerprint density at radius 2 is 0.788 bits per heavy atom. The second kappa shape index (κ2) is 55.4. The van der Waals surface area contributed by atoms with Gasteiger partial charge in [-0.2, -0.15) is 0 Å². The van der Waals surface area contributed by atoms with E-state index < -0.39 is 12.1 Å². The molecule has 0 heterocycles. The minimum Gasteiger partial charge on any atom is -0.466 e. The summed E-state index contributed by atoms with van der Waals surface area (Å²) in [5.74, 6) is -0.0822. The second-order valence-corrected chi connectivity index (χ2v) is 19.6. The number of aliphatic hydroxyl groups excluding tert-OH is 2. The third kappa shape index (κ3) is 51.2. The van der Waals surface area contributed by atoms with Crippen molar-refractivity contribution in [3.8, 4) is 0 Å². The van der Waals surface area contributed by atoms with Gasteiger partial charge in [0.15, 0.2) is 0 Å². The fourth-order valence-corrected chi connectivity index (χ4v) is 8.61. The van der Waals surface area contributed by atoms with Crippen LogP contribution in [0.3, 0.4) is 0 Å². The van der Waals surface area contributed by atoms with E-state index in [1.165, 1.54) is 212 Å². The summed E-state index contributed by atoms with van der Waals surface area (Å²) in [5, 5.41) is 23.1. The molecule has 0 aliphatic carbocycles. The Kier molecular flexibility index (Phi) is 53.6. The van der Waals surface area contributed by atoms with Crippen molar-refractivity contribution in [1.29, 1.82) is 0 Å². The Bertz CT molecular complexity index is 1110. The van der Waals surface area contributed by atoms with E-state index >= 15 is 0 Å². The third-order valence-electron chi connectivity index (χ3n) is 13.0. The summed E-state index contributed by atoms with van der Waals surface area (Å²) < 4.78 is 5.46. The Morgan fingerprint density at radius 3 is 1.23 bits per heavy atom. The largest absolute Gasteiger partial charge is 0.466 e. The van der Waals surface area contributed by atoms with Crippen molar-refractivity contribution in [2.24, 2.45) is 0 Å². The van der Waals surface area contributed by atoms with Gasteiger partial charge < -0.3 is 20.3 Å². The van der Waals surface area contributed by atoms with Crippen LogP contribution in [0.1, 0.15) is 296 Å². The van der Waals surface area contributed by atoms with Crippen LogP contribution in [-0.4, -0.2) is 47.4 Å². The van der Waals surface area contributed by atoms with Crippen LogP contribution in [0.4, 0.5) is 0 Å². The molecule has 0 aromatic heterocycles. The van der Waals surface area contributed by atoms with E-state index in [2.05, 4.69) is 55.6 Å². The zero-order valence-corrected chi connectivity index (χ0v) is 43.9. The highest BCUT2D eigenvalue weighted by Crippen LogP contribution is 2.16. The van der Waals surface area contributed by atoms with Crippen molar-refractivity contribution in [2.45, 2.75) is 309 Å². The molecule has 0 rings (SSSR count). The number of unbranched alkanes of at least 4 members (excludes halogenated alkanes) is 36. The molecule has 66 heavy (non-hydrogen) atoms. The first-order chi connectivity index (χ1) is 32.5. The standard InChI is InChI=1S/C60H111NO5/c1-3-5-7-9-11-13-15-17-29-32-36-40-44-48-52-58(63)57(56-62)61-59(64)53-49-45-41-37-33-30-26-24-22-20-18-19-21-23-25-27-31-35-39-43-47-51-55-66-60(65)54-50-46-42-38-34-28-16-14-12-10-8-6-4-2/h8,10,14,16,20,22,48,52,57-58,62-63H,3-7,9,11-13,15,17-19,21,23-47,49-51,53-56H2,1-2H3,(H,61,64)/b10-8-,16-14-,22-20-,52-48+. The molecule has 2 unspecified atom stereocenters. The molecule has 0 aliphatic heterocycles. The highest BCUT2D eigenvalue weighted by Gasteiger charge is 2.18. The average molecular weight is 927 g/mol. The molecule has 0 saturated carbocycles. The highest BCUT2D eigenvalue weighted by atomic mass is 16.5. The fraction of sp³-hybridized carbons (Fsp3) is 0.833. The van der Waals surface area contributed by atoms with Crippen LogP contribution < -0.4 is 5.32 Å². The molecule has 0 saturated heterocycles. The maximum absolute atomic E-state index is 12.4. The topological polar surface area (TPSA) is 95.9 Å². The summed E-state index contributed by atoms with van der Waals surface area (Å²) in [5.41, 5.74) is 0. The third-order valence-corrected chi connectivity index (χ3v) is 13.0. The minimum absolute atomic E-state index is 0.00661. The number of carbonyl (C=O) groups excluding carboxylic acids is 2. The molecule has 3 N–H and O–H groups in total. The normalized spacial score (nSPS) is 13.0. The molecule has 2 atom stereocenters. The number of hydrogen-bond donors (Lipinski definition) is 3. The molecule has 1 amide bonds. The predicted octanol–water partition coefficient (Wildman–Crippen LogP) is 17.8. The summed E-state index contributed by atoms with van der Waals surface area (Å²) in [7, 11) is 0. The average Bonchev–Trinajstić information content (AvgIpc) is 3.32. The van der Waals surface area contributed by atoms with Crippen LogP contribution in [0.2, 0.25) is 0 Å². The number of esters is 1. The lowest BCUT2D eigenvalue weighted by atomic mass is 10.0. The van der Waals surface area contributed by atoms with Gasteiger partial charge in [-0.05, 0) is 83.5 Å². The summed E-state index contributed by atoms with van der Waals surface area (Å²) >= 11 is 0. The quantitative estimate of drug-likeness (QED) is 0.0321. The van der Waals surface area contributed by atoms with E-state index in [0.29, 0.717) is 19.4 Å². The van der Waals surface area contributed by atoms with Crippen LogP contribution in [0, 0.1) is 0 Å². The molecular weight excluding hydrogens is 815 g/mol. The molecule has 0 aromatic rings. The molecule has 386 valence electrons. The number of carbonyl (C=O) groups is 2. The summed E-state index contributed by atoms with van der Waals surface area (Å²) in [6.07, 6.45) is 69.9. The van der Waals surface area contributed by atoms with Crippen molar-refractivity contribution in [3.05, 3.63) is 48.6 Å². The van der Waals surface area contributed by atoms with Crippen molar-refractivity contribution in [2.75, 3.05) is 13.2 Å². The van der Waals surface area contributed by atoms with E-state index in [0.717, 1.165) is 57.8 Å². The van der Waals surface area contributed by atoms with E-state index in [4.69, 9.17) is 4.74 Å². The first kappa shape index (κ1) is 63.8. The van der Waals surface area contributed by atoms with Gasteiger partial charge in [-0.25, -0.2) is 0 Å². The van der Waals surface area contributed by atoms with Crippen LogP contribution in [0.25, 0.3) is 0 Å². The number of ether oxygens (including phenoxy) is 1. The molecule has 6 nitrogen and oxygen atoms in total. The van der Waals surface area contributed by atoms with Gasteiger partial charge in [0.05, 0.1) is 25.4 Å². The smallest absolute Gasteiger partial charge is 0.305 e. The van der Waals surface area contributed by atoms with E-state index in [1.54, 1.807) is 6.08 Å². The molecule has 0 spiro atoms. The molecule has 6 heteroatoms. The fourth-order valence-electron chi connectivity index (χ4n) is 8.61. The lowest BCUT2D eigenvalue weighted by Gasteiger charge is -2.20. The molecule has 0 bridgehead atoms. The van der Waals surface area contributed by atoms with Crippen molar-refractivity contribution < 1.29 is 24.5 Å². The van der Waals surface area contributed by atoms with Crippen molar-refractivity contribution in [3.63, 3.8) is 0 Å². The maximum atomic E-state index is 12.4. The number of amides is 1. The van der Waals surface area contributed by atoms with Crippen LogP contribution in [-0.2, 0) is 14.3 Å². The first-order valence-electron chi connectivity index (χ1n) is 28.9. The highest BCUT2D eigenvalue weighted by molar-refractivity contribution is 5.76. The van der Waals surface area contributed by atoms with Gasteiger partial charge in [0, 0.05) is 12.8 Å². The number of nitrogens with one attached hydrogen (secondary N) is 1. The number of allylic oxidation sites excluding steroid dienone is 7. The zero-order chi connectivity index (χ0) is 47.9. The molecule has 0 aromatic carbocycles.